The molecule has 1 aromatic heterocycles. The van der Waals surface area contributed by atoms with E-state index in [1.165, 1.54) is 0 Å². The number of carbonyl (C=O) groups excluding carboxylic acids is 1. The van der Waals surface area contributed by atoms with Crippen molar-refractivity contribution in [2.75, 3.05) is 0 Å². The third-order valence-corrected chi connectivity index (χ3v) is 4.38. The molecule has 0 saturated heterocycles. The van der Waals surface area contributed by atoms with Gasteiger partial charge in [0.25, 0.3) is 0 Å². The molecule has 0 aromatic carbocycles. The molecule has 3 unspecified atom stereocenters. The standard InChI is InChI=1S/C13H12ClNO4/c14-9-6-13(4-3-7(9)11(16)17)8-2-1-5-15-10(8)12(18)19-13/h1-2,5,7,9H,3-4,6H2,(H,16,17). The highest BCUT2D eigenvalue weighted by atomic mass is 35.5. The number of carboxylic acid groups (broad SMARTS) is 1. The van der Waals surface area contributed by atoms with Crippen molar-refractivity contribution in [3.05, 3.63) is 29.6 Å². The second-order valence-electron chi connectivity index (χ2n) is 4.99. The number of rotatable bonds is 1. The number of halogens is 1. The van der Waals surface area contributed by atoms with Crippen LogP contribution in [0.5, 0.6) is 0 Å². The summed E-state index contributed by atoms with van der Waals surface area (Å²) < 4.78 is 5.48. The van der Waals surface area contributed by atoms with E-state index in [2.05, 4.69) is 4.98 Å². The molecule has 1 saturated carbocycles. The highest BCUT2D eigenvalue weighted by molar-refractivity contribution is 6.22. The molecule has 1 fully saturated rings. The summed E-state index contributed by atoms with van der Waals surface area (Å²) in [6, 6.07) is 3.55. The van der Waals surface area contributed by atoms with Gasteiger partial charge in [-0.3, -0.25) is 4.79 Å². The van der Waals surface area contributed by atoms with Gasteiger partial charge in [0.2, 0.25) is 0 Å². The lowest BCUT2D eigenvalue weighted by atomic mass is 9.75. The van der Waals surface area contributed by atoms with Crippen molar-refractivity contribution >= 4 is 23.5 Å². The molecule has 19 heavy (non-hydrogen) atoms. The number of hydrogen-bond acceptors (Lipinski definition) is 4. The maximum absolute atomic E-state index is 11.8. The molecule has 3 rings (SSSR count). The van der Waals surface area contributed by atoms with Crippen LogP contribution in [0, 0.1) is 5.92 Å². The zero-order valence-corrected chi connectivity index (χ0v) is 10.8. The predicted octanol–water partition coefficient (Wildman–Crippen LogP) is 1.94. The van der Waals surface area contributed by atoms with Crippen LogP contribution in [0.2, 0.25) is 0 Å². The second kappa shape index (κ2) is 4.20. The van der Waals surface area contributed by atoms with Gasteiger partial charge in [-0.2, -0.15) is 0 Å². The van der Waals surface area contributed by atoms with Crippen molar-refractivity contribution in [2.24, 2.45) is 5.92 Å². The summed E-state index contributed by atoms with van der Waals surface area (Å²) in [6.07, 6.45) is 2.72. The monoisotopic (exact) mass is 281 g/mol. The number of carboxylic acids is 1. The Bertz CT molecular complexity index is 561. The molecular formula is C13H12ClNO4. The fraction of sp³-hybridized carbons (Fsp3) is 0.462. The number of fused-ring (bicyclic) bond motifs is 2. The Kier molecular flexibility index (Phi) is 2.74. The number of aromatic nitrogens is 1. The highest BCUT2D eigenvalue weighted by Gasteiger charge is 2.52. The first-order valence-corrected chi connectivity index (χ1v) is 6.53. The molecule has 6 heteroatoms. The summed E-state index contributed by atoms with van der Waals surface area (Å²) in [5, 5.41) is 8.53. The molecule has 1 aromatic rings. The summed E-state index contributed by atoms with van der Waals surface area (Å²) >= 11 is 6.17. The minimum atomic E-state index is -0.898. The van der Waals surface area contributed by atoms with Gasteiger partial charge in [0, 0.05) is 18.2 Å². The molecule has 1 aliphatic heterocycles. The smallest absolute Gasteiger partial charge is 0.358 e. The van der Waals surface area contributed by atoms with E-state index >= 15 is 0 Å². The molecule has 2 aliphatic rings. The lowest BCUT2D eigenvalue weighted by Crippen LogP contribution is -2.40. The lowest BCUT2D eigenvalue weighted by molar-refractivity contribution is -0.144. The van der Waals surface area contributed by atoms with Crippen LogP contribution in [0.3, 0.4) is 0 Å². The Hall–Kier alpha value is -1.62. The highest BCUT2D eigenvalue weighted by Crippen LogP contribution is 2.48. The Morgan fingerprint density at radius 3 is 3.05 bits per heavy atom. The fourth-order valence-corrected chi connectivity index (χ4v) is 3.44. The molecule has 0 amide bonds. The van der Waals surface area contributed by atoms with Crippen LogP contribution in [0.15, 0.2) is 18.3 Å². The van der Waals surface area contributed by atoms with Gasteiger partial charge in [-0.1, -0.05) is 6.07 Å². The van der Waals surface area contributed by atoms with Crippen molar-refractivity contribution in [3.8, 4) is 0 Å². The zero-order chi connectivity index (χ0) is 13.6. The van der Waals surface area contributed by atoms with E-state index in [4.69, 9.17) is 21.4 Å². The van der Waals surface area contributed by atoms with Gasteiger partial charge in [0.05, 0.1) is 11.3 Å². The fourth-order valence-electron chi connectivity index (χ4n) is 2.96. The quantitative estimate of drug-likeness (QED) is 0.629. The van der Waals surface area contributed by atoms with Crippen LogP contribution in [0.25, 0.3) is 0 Å². The van der Waals surface area contributed by atoms with Crippen LogP contribution < -0.4 is 0 Å². The number of aliphatic carboxylic acids is 1. The SMILES string of the molecule is O=C1OC2(CCC(C(=O)O)C(Cl)C2)c2cccnc21. The number of hydrogen-bond donors (Lipinski definition) is 1. The third-order valence-electron chi connectivity index (χ3n) is 3.92. The molecule has 100 valence electrons. The van der Waals surface area contributed by atoms with Crippen molar-refractivity contribution in [1.82, 2.24) is 4.98 Å². The number of alkyl halides is 1. The third kappa shape index (κ3) is 1.80. The lowest BCUT2D eigenvalue weighted by Gasteiger charge is -2.37. The first-order chi connectivity index (χ1) is 9.03. The van der Waals surface area contributed by atoms with E-state index in [0.717, 1.165) is 5.56 Å². The predicted molar refractivity (Wildman–Crippen MR) is 65.9 cm³/mol. The van der Waals surface area contributed by atoms with Crippen molar-refractivity contribution < 1.29 is 19.4 Å². The largest absolute Gasteiger partial charge is 0.481 e. The average Bonchev–Trinajstić information content (AvgIpc) is 2.63. The Labute approximate surface area is 114 Å². The summed E-state index contributed by atoms with van der Waals surface area (Å²) in [4.78, 5) is 26.9. The van der Waals surface area contributed by atoms with Gasteiger partial charge < -0.3 is 9.84 Å². The Morgan fingerprint density at radius 1 is 1.58 bits per heavy atom. The molecule has 0 radical (unpaired) electrons. The van der Waals surface area contributed by atoms with Gasteiger partial charge in [-0.15, -0.1) is 11.6 Å². The minimum absolute atomic E-state index is 0.315. The van der Waals surface area contributed by atoms with Gasteiger partial charge in [-0.25, -0.2) is 9.78 Å². The first-order valence-electron chi connectivity index (χ1n) is 6.09. The molecule has 0 bridgehead atoms. The van der Waals surface area contributed by atoms with Gasteiger partial charge in [0.1, 0.15) is 5.60 Å². The van der Waals surface area contributed by atoms with E-state index in [9.17, 15) is 9.59 Å². The Balaban J connectivity index is 1.96. The van der Waals surface area contributed by atoms with Crippen molar-refractivity contribution in [1.29, 1.82) is 0 Å². The van der Waals surface area contributed by atoms with Crippen molar-refractivity contribution in [2.45, 2.75) is 30.2 Å². The molecule has 1 aliphatic carbocycles. The van der Waals surface area contributed by atoms with Gasteiger partial charge >= 0.3 is 11.9 Å². The van der Waals surface area contributed by atoms with Gasteiger partial charge in [0.15, 0.2) is 5.69 Å². The van der Waals surface area contributed by atoms with Crippen LogP contribution in [0.1, 0.15) is 35.3 Å². The van der Waals surface area contributed by atoms with Crippen molar-refractivity contribution in [3.63, 3.8) is 0 Å². The number of carbonyl (C=O) groups is 2. The molecule has 1 spiro atoms. The van der Waals surface area contributed by atoms with Crippen LogP contribution in [-0.2, 0) is 15.1 Å². The normalized spacial score (nSPS) is 33.0. The summed E-state index contributed by atoms with van der Waals surface area (Å²) in [5.41, 5.74) is 0.258. The van der Waals surface area contributed by atoms with E-state index in [1.807, 2.05) is 0 Å². The van der Waals surface area contributed by atoms with E-state index in [1.54, 1.807) is 18.3 Å². The minimum Gasteiger partial charge on any atom is -0.481 e. The number of pyridine rings is 1. The van der Waals surface area contributed by atoms with E-state index in [-0.39, 0.29) is 0 Å². The number of nitrogens with zero attached hydrogens (tertiary/aromatic N) is 1. The zero-order valence-electron chi connectivity index (χ0n) is 10.0. The molecule has 5 nitrogen and oxygen atoms in total. The first kappa shape index (κ1) is 12.4. The average molecular weight is 282 g/mol. The number of esters is 1. The molecular weight excluding hydrogens is 270 g/mol. The van der Waals surface area contributed by atoms with Gasteiger partial charge in [-0.05, 0) is 18.9 Å². The Morgan fingerprint density at radius 2 is 2.37 bits per heavy atom. The molecule has 2 heterocycles. The number of ether oxygens (including phenoxy) is 1. The van der Waals surface area contributed by atoms with Crippen LogP contribution >= 0.6 is 11.6 Å². The maximum Gasteiger partial charge on any atom is 0.358 e. The second-order valence-corrected chi connectivity index (χ2v) is 5.55. The van der Waals surface area contributed by atoms with Crippen LogP contribution in [-0.4, -0.2) is 27.4 Å². The summed E-state index contributed by atoms with van der Waals surface area (Å²) in [6.45, 7) is 0. The van der Waals surface area contributed by atoms with E-state index in [0.29, 0.717) is 25.0 Å². The molecule has 1 N–H and O–H groups in total. The molecule has 3 atom stereocenters. The summed E-state index contributed by atoms with van der Waals surface area (Å²) in [7, 11) is 0. The summed E-state index contributed by atoms with van der Waals surface area (Å²) in [5.74, 6) is -1.94. The maximum atomic E-state index is 11.8. The van der Waals surface area contributed by atoms with Crippen LogP contribution in [0.4, 0.5) is 0 Å². The van der Waals surface area contributed by atoms with E-state index < -0.39 is 28.8 Å². The topological polar surface area (TPSA) is 76.5 Å².